The van der Waals surface area contributed by atoms with Crippen molar-refractivity contribution in [1.82, 2.24) is 4.90 Å². The summed E-state index contributed by atoms with van der Waals surface area (Å²) < 4.78 is 0. The molecule has 84 valence electrons. The van der Waals surface area contributed by atoms with Crippen molar-refractivity contribution in [2.24, 2.45) is 0 Å². The van der Waals surface area contributed by atoms with Gasteiger partial charge in [0.2, 0.25) is 5.91 Å². The molecular formula is C11H16NO3-. The van der Waals surface area contributed by atoms with Crippen LogP contribution in [0.3, 0.4) is 0 Å². The number of carboxylic acid groups (broad SMARTS) is 1. The molecule has 1 rings (SSSR count). The first kappa shape index (κ1) is 11.8. The van der Waals surface area contributed by atoms with Crippen LogP contribution in [0.1, 0.15) is 32.6 Å². The van der Waals surface area contributed by atoms with Crippen molar-refractivity contribution in [3.8, 4) is 0 Å². The Morgan fingerprint density at radius 2 is 2.13 bits per heavy atom. The lowest BCUT2D eigenvalue weighted by Crippen LogP contribution is -2.42. The van der Waals surface area contributed by atoms with Gasteiger partial charge < -0.3 is 14.8 Å². The molecule has 0 bridgehead atoms. The molecule has 1 aliphatic rings. The summed E-state index contributed by atoms with van der Waals surface area (Å²) in [6.07, 6.45) is 5.97. The molecule has 15 heavy (non-hydrogen) atoms. The first-order valence-corrected chi connectivity index (χ1v) is 5.34. The summed E-state index contributed by atoms with van der Waals surface area (Å²) >= 11 is 0. The number of hydrogen-bond acceptors (Lipinski definition) is 3. The molecular weight excluding hydrogens is 194 g/mol. The SMILES string of the molecule is CC[C@H]1CCCCN1C(=O)/C=C/C(=O)[O-]. The number of carboxylic acids is 1. The third-order valence-electron chi connectivity index (χ3n) is 2.74. The van der Waals surface area contributed by atoms with Crippen molar-refractivity contribution < 1.29 is 14.7 Å². The predicted octanol–water partition coefficient (Wildman–Crippen LogP) is 0.0836. The van der Waals surface area contributed by atoms with E-state index >= 15 is 0 Å². The minimum absolute atomic E-state index is 0.217. The van der Waals surface area contributed by atoms with Gasteiger partial charge in [-0.1, -0.05) is 6.92 Å². The maximum atomic E-state index is 11.6. The fourth-order valence-electron chi connectivity index (χ4n) is 1.95. The normalized spacial score (nSPS) is 21.9. The van der Waals surface area contributed by atoms with Crippen LogP contribution in [-0.2, 0) is 9.59 Å². The highest BCUT2D eigenvalue weighted by molar-refractivity contribution is 5.93. The number of amides is 1. The Morgan fingerprint density at radius 3 is 2.73 bits per heavy atom. The van der Waals surface area contributed by atoms with E-state index in [1.165, 1.54) is 0 Å². The maximum Gasteiger partial charge on any atom is 0.246 e. The molecule has 1 atom stereocenters. The molecule has 0 N–H and O–H groups in total. The van der Waals surface area contributed by atoms with E-state index < -0.39 is 5.97 Å². The standard InChI is InChI=1S/C11H17NO3/c1-2-9-5-3-4-8-12(9)10(13)6-7-11(14)15/h6-7,9H,2-5,8H2,1H3,(H,14,15)/p-1/b7-6+/t9-/m0/s1. The van der Waals surface area contributed by atoms with Crippen molar-refractivity contribution >= 4 is 11.9 Å². The van der Waals surface area contributed by atoms with Gasteiger partial charge in [0, 0.05) is 18.7 Å². The fourth-order valence-corrected chi connectivity index (χ4v) is 1.95. The van der Waals surface area contributed by atoms with E-state index in [4.69, 9.17) is 0 Å². The summed E-state index contributed by atoms with van der Waals surface area (Å²) in [4.78, 5) is 23.5. The summed E-state index contributed by atoms with van der Waals surface area (Å²) in [5, 5.41) is 10.2. The number of rotatable bonds is 3. The minimum Gasteiger partial charge on any atom is -0.545 e. The van der Waals surface area contributed by atoms with E-state index in [1.807, 2.05) is 6.92 Å². The Bertz CT molecular complexity index is 273. The summed E-state index contributed by atoms with van der Waals surface area (Å²) in [5.41, 5.74) is 0. The molecule has 0 aromatic carbocycles. The van der Waals surface area contributed by atoms with E-state index in [2.05, 4.69) is 0 Å². The second-order valence-corrected chi connectivity index (χ2v) is 3.74. The van der Waals surface area contributed by atoms with Crippen molar-refractivity contribution in [2.45, 2.75) is 38.6 Å². The zero-order valence-corrected chi connectivity index (χ0v) is 8.94. The Balaban J connectivity index is 2.59. The average Bonchev–Trinajstić information content (AvgIpc) is 2.25. The molecule has 0 spiro atoms. The molecule has 0 aromatic rings. The molecule has 4 heteroatoms. The van der Waals surface area contributed by atoms with Crippen LogP contribution in [0, 0.1) is 0 Å². The number of nitrogens with zero attached hydrogens (tertiary/aromatic N) is 1. The highest BCUT2D eigenvalue weighted by Crippen LogP contribution is 2.19. The van der Waals surface area contributed by atoms with Crippen LogP contribution in [-0.4, -0.2) is 29.4 Å². The molecule has 0 unspecified atom stereocenters. The lowest BCUT2D eigenvalue weighted by Gasteiger charge is -2.34. The minimum atomic E-state index is -1.33. The summed E-state index contributed by atoms with van der Waals surface area (Å²) in [6, 6.07) is 0.262. The van der Waals surface area contributed by atoms with Gasteiger partial charge >= 0.3 is 0 Å². The van der Waals surface area contributed by atoms with E-state index in [0.717, 1.165) is 44.4 Å². The average molecular weight is 210 g/mol. The second kappa shape index (κ2) is 5.53. The Labute approximate surface area is 89.6 Å². The van der Waals surface area contributed by atoms with Gasteiger partial charge in [-0.05, 0) is 31.8 Å². The van der Waals surface area contributed by atoms with E-state index in [0.29, 0.717) is 0 Å². The molecule has 1 aliphatic heterocycles. The van der Waals surface area contributed by atoms with E-state index in [-0.39, 0.29) is 11.9 Å². The van der Waals surface area contributed by atoms with Crippen molar-refractivity contribution in [1.29, 1.82) is 0 Å². The van der Waals surface area contributed by atoms with Gasteiger partial charge in [0.05, 0.1) is 5.97 Å². The number of aliphatic carboxylic acids is 1. The molecule has 0 radical (unpaired) electrons. The Hall–Kier alpha value is -1.32. The topological polar surface area (TPSA) is 60.4 Å². The van der Waals surface area contributed by atoms with Gasteiger partial charge in [-0.3, -0.25) is 4.79 Å². The summed E-state index contributed by atoms with van der Waals surface area (Å²) in [6.45, 7) is 2.77. The van der Waals surface area contributed by atoms with Crippen LogP contribution >= 0.6 is 0 Å². The maximum absolute atomic E-state index is 11.6. The number of carbonyl (C=O) groups excluding carboxylic acids is 2. The third kappa shape index (κ3) is 3.38. The highest BCUT2D eigenvalue weighted by Gasteiger charge is 2.23. The number of likely N-dealkylation sites (tertiary alicyclic amines) is 1. The zero-order chi connectivity index (χ0) is 11.3. The smallest absolute Gasteiger partial charge is 0.246 e. The lowest BCUT2D eigenvalue weighted by atomic mass is 10.00. The van der Waals surface area contributed by atoms with E-state index in [9.17, 15) is 14.7 Å². The van der Waals surface area contributed by atoms with Crippen LogP contribution in [0.2, 0.25) is 0 Å². The van der Waals surface area contributed by atoms with Gasteiger partial charge in [0.25, 0.3) is 0 Å². The van der Waals surface area contributed by atoms with Gasteiger partial charge in [-0.15, -0.1) is 0 Å². The Kier molecular flexibility index (Phi) is 4.34. The number of piperidine rings is 1. The summed E-state index contributed by atoms with van der Waals surface area (Å²) in [7, 11) is 0. The molecule has 4 nitrogen and oxygen atoms in total. The van der Waals surface area contributed by atoms with Gasteiger partial charge in [-0.25, -0.2) is 0 Å². The third-order valence-corrected chi connectivity index (χ3v) is 2.74. The van der Waals surface area contributed by atoms with Crippen LogP contribution in [0.15, 0.2) is 12.2 Å². The number of carbonyl (C=O) groups is 2. The monoisotopic (exact) mass is 210 g/mol. The van der Waals surface area contributed by atoms with Crippen molar-refractivity contribution in [3.05, 3.63) is 12.2 Å². The van der Waals surface area contributed by atoms with Crippen LogP contribution in [0.5, 0.6) is 0 Å². The first-order valence-electron chi connectivity index (χ1n) is 5.34. The van der Waals surface area contributed by atoms with Crippen molar-refractivity contribution in [3.63, 3.8) is 0 Å². The molecule has 0 aromatic heterocycles. The largest absolute Gasteiger partial charge is 0.545 e. The number of hydrogen-bond donors (Lipinski definition) is 0. The molecule has 1 saturated heterocycles. The first-order chi connectivity index (χ1) is 7.15. The predicted molar refractivity (Wildman–Crippen MR) is 53.8 cm³/mol. The molecule has 1 heterocycles. The zero-order valence-electron chi connectivity index (χ0n) is 8.94. The van der Waals surface area contributed by atoms with Crippen LogP contribution < -0.4 is 5.11 Å². The fraction of sp³-hybridized carbons (Fsp3) is 0.636. The van der Waals surface area contributed by atoms with Crippen LogP contribution in [0.25, 0.3) is 0 Å². The Morgan fingerprint density at radius 1 is 1.40 bits per heavy atom. The van der Waals surface area contributed by atoms with Gasteiger partial charge in [0.1, 0.15) is 0 Å². The van der Waals surface area contributed by atoms with Gasteiger partial charge in [-0.2, -0.15) is 0 Å². The summed E-state index contributed by atoms with van der Waals surface area (Å²) in [5.74, 6) is -1.54. The quantitative estimate of drug-likeness (QED) is 0.620. The van der Waals surface area contributed by atoms with Crippen molar-refractivity contribution in [2.75, 3.05) is 6.54 Å². The highest BCUT2D eigenvalue weighted by atomic mass is 16.4. The van der Waals surface area contributed by atoms with Crippen LogP contribution in [0.4, 0.5) is 0 Å². The molecule has 1 fully saturated rings. The lowest BCUT2D eigenvalue weighted by molar-refractivity contribution is -0.297. The molecule has 0 saturated carbocycles. The molecule has 0 aliphatic carbocycles. The van der Waals surface area contributed by atoms with Gasteiger partial charge in [0.15, 0.2) is 0 Å². The molecule has 1 amide bonds. The second-order valence-electron chi connectivity index (χ2n) is 3.74. The van der Waals surface area contributed by atoms with E-state index in [1.54, 1.807) is 4.90 Å².